The number of carbonyl (C=O) groups excluding carboxylic acids is 2. The molecule has 2 aromatic carbocycles. The molecule has 7 heteroatoms. The van der Waals surface area contributed by atoms with E-state index in [1.165, 1.54) is 0 Å². The molecular weight excluding hydrogens is 368 g/mol. The summed E-state index contributed by atoms with van der Waals surface area (Å²) in [6, 6.07) is 16.8. The monoisotopic (exact) mass is 384 g/mol. The van der Waals surface area contributed by atoms with Gasteiger partial charge in [-0.25, -0.2) is 0 Å². The van der Waals surface area contributed by atoms with Crippen molar-refractivity contribution in [3.05, 3.63) is 71.8 Å². The topological polar surface area (TPSA) is 109 Å². The van der Waals surface area contributed by atoms with E-state index in [2.05, 4.69) is 0 Å². The summed E-state index contributed by atoms with van der Waals surface area (Å²) in [6.45, 7) is 0. The average Bonchev–Trinajstić information content (AvgIpc) is 2.56. The number of carbonyl (C=O) groups is 4. The smallest absolute Gasteiger partial charge is 0.311 e. The summed E-state index contributed by atoms with van der Waals surface area (Å²) in [4.78, 5) is 42.5. The number of hydrogen-bond donors (Lipinski definition) is 2. The molecule has 0 unspecified atom stereocenters. The van der Waals surface area contributed by atoms with Crippen molar-refractivity contribution in [3.8, 4) is 0 Å². The van der Waals surface area contributed by atoms with Crippen LogP contribution in [-0.2, 0) is 26.7 Å². The van der Waals surface area contributed by atoms with Gasteiger partial charge in [0.15, 0.2) is 11.6 Å². The van der Waals surface area contributed by atoms with Gasteiger partial charge in [-0.1, -0.05) is 60.7 Å². The Hall–Kier alpha value is -2.76. The third-order valence-corrected chi connectivity index (χ3v) is 2.82. The number of hydrogen-bond acceptors (Lipinski definition) is 4. The maximum Gasteiger partial charge on any atom is 0.311 e. The summed E-state index contributed by atoms with van der Waals surface area (Å²) >= 11 is 0. The van der Waals surface area contributed by atoms with Crippen LogP contribution in [0, 0.1) is 0 Å². The van der Waals surface area contributed by atoms with Crippen LogP contribution in [0.1, 0.15) is 33.6 Å². The van der Waals surface area contributed by atoms with Crippen LogP contribution >= 0.6 is 0 Å². The van der Waals surface area contributed by atoms with E-state index >= 15 is 0 Å². The largest absolute Gasteiger partial charge is 0.481 e. The summed E-state index contributed by atoms with van der Waals surface area (Å²) in [5.74, 6) is -2.90. The molecule has 0 amide bonds. The first-order chi connectivity index (χ1) is 11.4. The molecule has 2 N–H and O–H groups in total. The normalized spacial score (nSPS) is 8.96. The molecule has 0 aliphatic carbocycles. The summed E-state index contributed by atoms with van der Waals surface area (Å²) < 4.78 is 0. The fourth-order valence-electron chi connectivity index (χ4n) is 1.73. The van der Waals surface area contributed by atoms with Crippen molar-refractivity contribution in [1.29, 1.82) is 0 Å². The van der Waals surface area contributed by atoms with Gasteiger partial charge in [-0.15, -0.1) is 0 Å². The van der Waals surface area contributed by atoms with Crippen LogP contribution in [0.3, 0.4) is 0 Å². The van der Waals surface area contributed by atoms with Crippen molar-refractivity contribution in [2.24, 2.45) is 0 Å². The van der Waals surface area contributed by atoms with E-state index in [4.69, 9.17) is 10.2 Å². The quantitative estimate of drug-likeness (QED) is 0.450. The zero-order valence-corrected chi connectivity index (χ0v) is 14.2. The Morgan fingerprint density at radius 3 is 1.12 bits per heavy atom. The van der Waals surface area contributed by atoms with Crippen LogP contribution in [-0.4, -0.2) is 33.7 Å². The van der Waals surface area contributed by atoms with Crippen molar-refractivity contribution >= 4 is 23.5 Å². The number of ketones is 2. The number of rotatable bonds is 6. The molecule has 6 nitrogen and oxygen atoms in total. The number of benzene rings is 2. The first-order valence-corrected chi connectivity index (χ1v) is 7.00. The Morgan fingerprint density at radius 2 is 0.880 bits per heavy atom. The van der Waals surface area contributed by atoms with Gasteiger partial charge in [0.2, 0.25) is 0 Å². The van der Waals surface area contributed by atoms with Crippen LogP contribution in [0.2, 0.25) is 0 Å². The van der Waals surface area contributed by atoms with Gasteiger partial charge in [0, 0.05) is 28.2 Å². The van der Waals surface area contributed by atoms with E-state index in [0.717, 1.165) is 0 Å². The first kappa shape index (κ1) is 22.2. The predicted octanol–water partition coefficient (Wildman–Crippen LogP) is 2.69. The van der Waals surface area contributed by atoms with Crippen molar-refractivity contribution in [2.75, 3.05) is 0 Å². The molecule has 0 fully saturated rings. The molecule has 2 aromatic rings. The van der Waals surface area contributed by atoms with Crippen LogP contribution < -0.4 is 0 Å². The van der Waals surface area contributed by atoms with Gasteiger partial charge in [-0.2, -0.15) is 0 Å². The van der Waals surface area contributed by atoms with E-state index in [-0.39, 0.29) is 28.6 Å². The molecule has 0 radical (unpaired) electrons. The zero-order chi connectivity index (χ0) is 17.9. The van der Waals surface area contributed by atoms with Gasteiger partial charge >= 0.3 is 11.9 Å². The van der Waals surface area contributed by atoms with E-state index in [0.29, 0.717) is 11.1 Å². The molecule has 0 saturated carbocycles. The summed E-state index contributed by atoms with van der Waals surface area (Å²) in [5.41, 5.74) is 0.889. The van der Waals surface area contributed by atoms with Crippen LogP contribution in [0.5, 0.6) is 0 Å². The molecule has 0 aromatic heterocycles. The van der Waals surface area contributed by atoms with Gasteiger partial charge in [0.25, 0.3) is 0 Å². The molecule has 0 bridgehead atoms. The van der Waals surface area contributed by atoms with Crippen LogP contribution in [0.4, 0.5) is 0 Å². The third-order valence-electron chi connectivity index (χ3n) is 2.82. The Morgan fingerprint density at radius 1 is 0.600 bits per heavy atom. The molecule has 132 valence electrons. The minimum absolute atomic E-state index is 0. The molecule has 25 heavy (non-hydrogen) atoms. The van der Waals surface area contributed by atoms with Crippen molar-refractivity contribution in [3.63, 3.8) is 0 Å². The van der Waals surface area contributed by atoms with Crippen LogP contribution in [0.25, 0.3) is 0 Å². The van der Waals surface area contributed by atoms with E-state index in [1.54, 1.807) is 60.7 Å². The van der Waals surface area contributed by atoms with Crippen molar-refractivity contribution < 1.29 is 46.5 Å². The second-order valence-electron chi connectivity index (χ2n) is 4.72. The summed E-state index contributed by atoms with van der Waals surface area (Å²) in [7, 11) is 0. The molecule has 0 heterocycles. The number of carboxylic acid groups (broad SMARTS) is 2. The molecule has 0 aliphatic rings. The summed E-state index contributed by atoms with van der Waals surface area (Å²) in [5, 5.41) is 16.6. The van der Waals surface area contributed by atoms with Crippen molar-refractivity contribution in [2.45, 2.75) is 12.8 Å². The fraction of sp³-hybridized carbons (Fsp3) is 0.111. The zero-order valence-electron chi connectivity index (χ0n) is 13.1. The number of aliphatic carboxylic acids is 2. The van der Waals surface area contributed by atoms with Gasteiger partial charge < -0.3 is 10.2 Å². The van der Waals surface area contributed by atoms with Crippen molar-refractivity contribution in [1.82, 2.24) is 0 Å². The predicted molar refractivity (Wildman–Crippen MR) is 86.1 cm³/mol. The number of carboxylic acids is 2. The Labute approximate surface area is 155 Å². The molecule has 0 atom stereocenters. The minimum Gasteiger partial charge on any atom is -0.481 e. The van der Waals surface area contributed by atoms with E-state index in [9.17, 15) is 19.2 Å². The molecular formula is C18H16FeO6. The van der Waals surface area contributed by atoms with Gasteiger partial charge in [-0.3, -0.25) is 19.2 Å². The standard InChI is InChI=1S/2C9H8O3.Fe/c2*10-8(6-9(11)12)7-4-2-1-3-5-7;/h2*1-5H,6H2,(H,11,12);. The number of Topliss-reactive ketones (excluding diaryl/α,β-unsaturated/α-hetero) is 2. The summed E-state index contributed by atoms with van der Waals surface area (Å²) in [6.07, 6.45) is -0.881. The minimum atomic E-state index is -1.09. The SMILES string of the molecule is O=C(O)CC(=O)c1ccccc1.O=C(O)CC(=O)c1ccccc1.[Fe]. The van der Waals surface area contributed by atoms with Gasteiger partial charge in [-0.05, 0) is 0 Å². The molecule has 0 spiro atoms. The first-order valence-electron chi connectivity index (χ1n) is 7.00. The second kappa shape index (κ2) is 11.7. The van der Waals surface area contributed by atoms with Gasteiger partial charge in [0.05, 0.1) is 0 Å². The molecule has 0 aliphatic heterocycles. The Bertz CT molecular complexity index is 649. The Kier molecular flexibility index (Phi) is 10.4. The van der Waals surface area contributed by atoms with Gasteiger partial charge in [0.1, 0.15) is 12.8 Å². The molecule has 2 rings (SSSR count). The fourth-order valence-corrected chi connectivity index (χ4v) is 1.73. The van der Waals surface area contributed by atoms with E-state index < -0.39 is 24.8 Å². The Balaban J connectivity index is 0.000000443. The average molecular weight is 384 g/mol. The maximum absolute atomic E-state index is 11.1. The van der Waals surface area contributed by atoms with Crippen LogP contribution in [0.15, 0.2) is 60.7 Å². The third kappa shape index (κ3) is 9.20. The van der Waals surface area contributed by atoms with E-state index in [1.807, 2.05) is 0 Å². The molecule has 0 saturated heterocycles. The maximum atomic E-state index is 11.1. The second-order valence-corrected chi connectivity index (χ2v) is 4.72.